The second kappa shape index (κ2) is 6.61. The third kappa shape index (κ3) is 2.50. The molecule has 9 rings (SSSR count). The molecule has 0 amide bonds. The summed E-state index contributed by atoms with van der Waals surface area (Å²) >= 11 is 0. The molecule has 6 aliphatic rings. The molecule has 0 radical (unpaired) electrons. The van der Waals surface area contributed by atoms with E-state index in [9.17, 15) is 0 Å². The summed E-state index contributed by atoms with van der Waals surface area (Å²) in [7, 11) is -0.340. The zero-order valence-electron chi connectivity index (χ0n) is 21.4. The van der Waals surface area contributed by atoms with Gasteiger partial charge in [-0.25, -0.2) is 0 Å². The van der Waals surface area contributed by atoms with Gasteiger partial charge in [0, 0.05) is 5.41 Å². The predicted octanol–water partition coefficient (Wildman–Crippen LogP) is 6.86. The molecule has 0 N–H and O–H groups in total. The van der Waals surface area contributed by atoms with Crippen molar-refractivity contribution in [3.8, 4) is 11.1 Å². The van der Waals surface area contributed by atoms with Gasteiger partial charge in [-0.3, -0.25) is 0 Å². The van der Waals surface area contributed by atoms with E-state index in [2.05, 4.69) is 82.3 Å². The second-order valence-corrected chi connectivity index (χ2v) is 13.2. The van der Waals surface area contributed by atoms with Gasteiger partial charge in [0.1, 0.15) is 0 Å². The van der Waals surface area contributed by atoms with E-state index in [1.54, 1.807) is 11.1 Å². The van der Waals surface area contributed by atoms with E-state index < -0.39 is 0 Å². The first kappa shape index (κ1) is 21.0. The molecule has 1 heterocycles. The minimum Gasteiger partial charge on any atom is -0.399 e. The van der Waals surface area contributed by atoms with Crippen LogP contribution in [0.4, 0.5) is 0 Å². The monoisotopic (exact) mass is 462 g/mol. The molecule has 3 heteroatoms. The number of fused-ring (bicyclic) bond motifs is 5. The molecule has 0 unspecified atom stereocenters. The van der Waals surface area contributed by atoms with Crippen molar-refractivity contribution in [1.29, 1.82) is 0 Å². The van der Waals surface area contributed by atoms with Crippen LogP contribution in [0.2, 0.25) is 0 Å². The average Bonchev–Trinajstić information content (AvgIpc) is 3.24. The summed E-state index contributed by atoms with van der Waals surface area (Å²) in [6.45, 7) is 8.66. The maximum atomic E-state index is 6.67. The Morgan fingerprint density at radius 2 is 1.26 bits per heavy atom. The van der Waals surface area contributed by atoms with E-state index in [0.717, 1.165) is 23.7 Å². The first-order valence-corrected chi connectivity index (χ1v) is 13.8. The molecular formula is C32H35BO2. The van der Waals surface area contributed by atoms with Gasteiger partial charge in [-0.1, -0.05) is 54.6 Å². The SMILES string of the molecule is CC1(C)OB(c2cc3c(c4ccccc24)-c2ccccc2C32C3CC4CC(C3)CC2C4)OC1(C)C. The van der Waals surface area contributed by atoms with Crippen LogP contribution in [-0.2, 0) is 14.7 Å². The van der Waals surface area contributed by atoms with Crippen molar-refractivity contribution in [2.24, 2.45) is 23.7 Å². The van der Waals surface area contributed by atoms with E-state index in [1.165, 1.54) is 59.5 Å². The highest BCUT2D eigenvalue weighted by Crippen LogP contribution is 2.69. The first-order chi connectivity index (χ1) is 16.8. The molecule has 4 saturated carbocycles. The molecule has 35 heavy (non-hydrogen) atoms. The molecule has 1 aliphatic heterocycles. The lowest BCUT2D eigenvalue weighted by Crippen LogP contribution is -2.55. The molecule has 5 fully saturated rings. The van der Waals surface area contributed by atoms with Crippen LogP contribution in [0, 0.1) is 23.7 Å². The maximum Gasteiger partial charge on any atom is 0.495 e. The van der Waals surface area contributed by atoms with E-state index in [4.69, 9.17) is 9.31 Å². The summed E-state index contributed by atoms with van der Waals surface area (Å²) < 4.78 is 13.3. The Morgan fingerprint density at radius 3 is 1.91 bits per heavy atom. The van der Waals surface area contributed by atoms with Crippen molar-refractivity contribution < 1.29 is 9.31 Å². The standard InChI is InChI=1S/C32H35BO2/c1-30(2)31(3,4)35-33(34-30)28-18-27-29(24-10-6-5-9-23(24)28)25-11-7-8-12-26(25)32(27)21-14-19-13-20(16-21)17-22(32)15-19/h5-12,18-22H,13-17H2,1-4H3. The third-order valence-corrected chi connectivity index (χ3v) is 11.1. The Morgan fingerprint density at radius 1 is 0.686 bits per heavy atom. The zero-order chi connectivity index (χ0) is 23.7. The normalized spacial score (nSPS) is 35.1. The zero-order valence-corrected chi connectivity index (χ0v) is 21.4. The number of hydrogen-bond donors (Lipinski definition) is 0. The fourth-order valence-electron chi connectivity index (χ4n) is 9.20. The van der Waals surface area contributed by atoms with Gasteiger partial charge in [0.05, 0.1) is 11.2 Å². The minimum atomic E-state index is -0.346. The average molecular weight is 462 g/mol. The van der Waals surface area contributed by atoms with Crippen LogP contribution in [0.15, 0.2) is 54.6 Å². The van der Waals surface area contributed by atoms with E-state index in [1.807, 2.05) is 0 Å². The van der Waals surface area contributed by atoms with Crippen LogP contribution < -0.4 is 5.46 Å². The summed E-state index contributed by atoms with van der Waals surface area (Å²) in [4.78, 5) is 0. The fourth-order valence-corrected chi connectivity index (χ4v) is 9.20. The quantitative estimate of drug-likeness (QED) is 0.368. The van der Waals surface area contributed by atoms with E-state index >= 15 is 0 Å². The maximum absolute atomic E-state index is 6.67. The van der Waals surface area contributed by atoms with Crippen LogP contribution in [-0.4, -0.2) is 18.3 Å². The summed E-state index contributed by atoms with van der Waals surface area (Å²) in [5, 5.41) is 2.65. The lowest BCUT2D eigenvalue weighted by Gasteiger charge is -2.61. The molecule has 2 nitrogen and oxygen atoms in total. The van der Waals surface area contributed by atoms with Gasteiger partial charge >= 0.3 is 7.12 Å². The first-order valence-electron chi connectivity index (χ1n) is 13.8. The molecular weight excluding hydrogens is 427 g/mol. The Hall–Kier alpha value is -2.10. The smallest absolute Gasteiger partial charge is 0.399 e. The molecule has 4 bridgehead atoms. The molecule has 1 spiro atoms. The van der Waals surface area contributed by atoms with E-state index in [0.29, 0.717) is 0 Å². The van der Waals surface area contributed by atoms with Gasteiger partial charge in [0.15, 0.2) is 0 Å². The van der Waals surface area contributed by atoms with E-state index in [-0.39, 0.29) is 23.7 Å². The number of benzene rings is 3. The highest BCUT2D eigenvalue weighted by atomic mass is 16.7. The molecule has 1 saturated heterocycles. The molecule has 5 aliphatic carbocycles. The topological polar surface area (TPSA) is 18.5 Å². The third-order valence-electron chi connectivity index (χ3n) is 11.1. The molecule has 178 valence electrons. The van der Waals surface area contributed by atoms with Crippen molar-refractivity contribution in [2.75, 3.05) is 0 Å². The second-order valence-electron chi connectivity index (χ2n) is 13.2. The predicted molar refractivity (Wildman–Crippen MR) is 143 cm³/mol. The molecule has 0 atom stereocenters. The number of rotatable bonds is 1. The lowest BCUT2D eigenvalue weighted by atomic mass is 9.43. The van der Waals surface area contributed by atoms with Gasteiger partial charge in [0.25, 0.3) is 0 Å². The fraction of sp³-hybridized carbons (Fsp3) is 0.500. The Labute approximate surface area is 209 Å². The Kier molecular flexibility index (Phi) is 3.97. The largest absolute Gasteiger partial charge is 0.495 e. The van der Waals surface area contributed by atoms with Gasteiger partial charge in [-0.15, -0.1) is 0 Å². The molecule has 3 aromatic rings. The highest BCUT2D eigenvalue weighted by molar-refractivity contribution is 6.65. The van der Waals surface area contributed by atoms with Gasteiger partial charge < -0.3 is 9.31 Å². The summed E-state index contributed by atoms with van der Waals surface area (Å²) in [5.41, 5.74) is 6.84. The summed E-state index contributed by atoms with van der Waals surface area (Å²) in [6.07, 6.45) is 7.09. The van der Waals surface area contributed by atoms with Crippen LogP contribution in [0.1, 0.15) is 70.9 Å². The number of hydrogen-bond acceptors (Lipinski definition) is 2. The van der Waals surface area contributed by atoms with Crippen molar-refractivity contribution in [2.45, 2.75) is 76.4 Å². The lowest BCUT2D eigenvalue weighted by molar-refractivity contribution is -0.0399. The van der Waals surface area contributed by atoms with Gasteiger partial charge in [-0.2, -0.15) is 0 Å². The highest BCUT2D eigenvalue weighted by Gasteiger charge is 2.62. The Bertz CT molecular complexity index is 1340. The van der Waals surface area contributed by atoms with Gasteiger partial charge in [-0.05, 0) is 122 Å². The van der Waals surface area contributed by atoms with Crippen molar-refractivity contribution in [3.63, 3.8) is 0 Å². The van der Waals surface area contributed by atoms with Crippen LogP contribution in [0.25, 0.3) is 21.9 Å². The molecule has 0 aromatic heterocycles. The minimum absolute atomic E-state index is 0.155. The van der Waals surface area contributed by atoms with Crippen LogP contribution in [0.5, 0.6) is 0 Å². The van der Waals surface area contributed by atoms with Crippen molar-refractivity contribution in [3.05, 3.63) is 65.7 Å². The molecule has 3 aromatic carbocycles. The van der Waals surface area contributed by atoms with Crippen LogP contribution >= 0.6 is 0 Å². The van der Waals surface area contributed by atoms with Gasteiger partial charge in [0.2, 0.25) is 0 Å². The summed E-state index contributed by atoms with van der Waals surface area (Å²) in [6, 6.07) is 20.9. The van der Waals surface area contributed by atoms with Crippen molar-refractivity contribution in [1.82, 2.24) is 0 Å². The summed E-state index contributed by atoms with van der Waals surface area (Å²) in [5.74, 6) is 3.41. The Balaban J connectivity index is 1.43. The van der Waals surface area contributed by atoms with Crippen molar-refractivity contribution >= 4 is 23.4 Å². The van der Waals surface area contributed by atoms with Crippen LogP contribution in [0.3, 0.4) is 0 Å².